The zero-order valence-corrected chi connectivity index (χ0v) is 12.7. The second kappa shape index (κ2) is 5.89. The van der Waals surface area contributed by atoms with Crippen molar-refractivity contribution in [3.8, 4) is 0 Å². The molecule has 1 N–H and O–H groups in total. The highest BCUT2D eigenvalue weighted by molar-refractivity contribution is 7.99. The Morgan fingerprint density at radius 1 is 1.38 bits per heavy atom. The molecule has 5 nitrogen and oxygen atoms in total. The molecule has 2 aliphatic heterocycles. The van der Waals surface area contributed by atoms with E-state index in [1.54, 1.807) is 7.05 Å². The SMILES string of the molecule is CN1N=C(C(=O)NC2CCSc3ccccc32)CCC1=O. The zero-order valence-electron chi connectivity index (χ0n) is 11.8. The molecule has 0 aliphatic carbocycles. The van der Waals surface area contributed by atoms with Gasteiger partial charge in [0.05, 0.1) is 6.04 Å². The summed E-state index contributed by atoms with van der Waals surface area (Å²) < 4.78 is 0. The number of carbonyl (C=O) groups excluding carboxylic acids is 2. The van der Waals surface area contributed by atoms with Crippen LogP contribution >= 0.6 is 11.8 Å². The lowest BCUT2D eigenvalue weighted by molar-refractivity contribution is -0.130. The van der Waals surface area contributed by atoms with Crippen LogP contribution in [-0.4, -0.2) is 35.3 Å². The number of hydrogen-bond donors (Lipinski definition) is 1. The van der Waals surface area contributed by atoms with Crippen molar-refractivity contribution in [2.24, 2.45) is 5.10 Å². The average Bonchev–Trinajstić information content (AvgIpc) is 2.50. The molecule has 1 atom stereocenters. The summed E-state index contributed by atoms with van der Waals surface area (Å²) in [5.41, 5.74) is 1.61. The van der Waals surface area contributed by atoms with Gasteiger partial charge in [0.1, 0.15) is 5.71 Å². The number of carbonyl (C=O) groups is 2. The van der Waals surface area contributed by atoms with Crippen molar-refractivity contribution in [2.75, 3.05) is 12.8 Å². The van der Waals surface area contributed by atoms with Gasteiger partial charge in [0.15, 0.2) is 0 Å². The van der Waals surface area contributed by atoms with Crippen LogP contribution in [0.25, 0.3) is 0 Å². The van der Waals surface area contributed by atoms with Crippen molar-refractivity contribution in [1.82, 2.24) is 10.3 Å². The molecule has 2 amide bonds. The number of benzene rings is 1. The molecule has 3 rings (SSSR count). The van der Waals surface area contributed by atoms with Gasteiger partial charge in [-0.25, -0.2) is 5.01 Å². The first-order valence-electron chi connectivity index (χ1n) is 7.02. The van der Waals surface area contributed by atoms with Gasteiger partial charge in [0.25, 0.3) is 5.91 Å². The lowest BCUT2D eigenvalue weighted by Crippen LogP contribution is -2.39. The maximum atomic E-state index is 12.3. The molecule has 0 saturated heterocycles. The summed E-state index contributed by atoms with van der Waals surface area (Å²) in [5.74, 6) is 0.777. The number of thioether (sulfide) groups is 1. The van der Waals surface area contributed by atoms with E-state index in [2.05, 4.69) is 22.6 Å². The molecule has 1 aromatic carbocycles. The van der Waals surface area contributed by atoms with E-state index >= 15 is 0 Å². The number of hydrazone groups is 1. The third-order valence-electron chi connectivity index (χ3n) is 3.73. The number of nitrogens with zero attached hydrogens (tertiary/aromatic N) is 2. The molecule has 0 aromatic heterocycles. The van der Waals surface area contributed by atoms with E-state index in [1.165, 1.54) is 15.5 Å². The van der Waals surface area contributed by atoms with E-state index in [0.29, 0.717) is 18.6 Å². The van der Waals surface area contributed by atoms with Crippen LogP contribution in [0.4, 0.5) is 0 Å². The standard InChI is InChI=1S/C15H17N3O2S/c1-18-14(19)7-6-12(17-18)15(20)16-11-8-9-21-13-5-3-2-4-10(11)13/h2-5,11H,6-9H2,1H3,(H,16,20). The monoisotopic (exact) mass is 303 g/mol. The number of fused-ring (bicyclic) bond motifs is 1. The highest BCUT2D eigenvalue weighted by atomic mass is 32.2. The van der Waals surface area contributed by atoms with Crippen molar-refractivity contribution < 1.29 is 9.59 Å². The van der Waals surface area contributed by atoms with Crippen molar-refractivity contribution in [2.45, 2.75) is 30.2 Å². The second-order valence-electron chi connectivity index (χ2n) is 5.17. The fraction of sp³-hybridized carbons (Fsp3) is 0.400. The number of rotatable bonds is 2. The minimum atomic E-state index is -0.166. The third kappa shape index (κ3) is 2.95. The first-order valence-corrected chi connectivity index (χ1v) is 8.00. The molecule has 0 bridgehead atoms. The first-order chi connectivity index (χ1) is 10.1. The van der Waals surface area contributed by atoms with Crippen LogP contribution in [-0.2, 0) is 9.59 Å². The van der Waals surface area contributed by atoms with Gasteiger partial charge in [-0.15, -0.1) is 11.8 Å². The lowest BCUT2D eigenvalue weighted by Gasteiger charge is -2.27. The minimum Gasteiger partial charge on any atom is -0.344 e. The molecule has 0 saturated carbocycles. The Labute approximate surface area is 127 Å². The predicted octanol–water partition coefficient (Wildman–Crippen LogP) is 1.95. The van der Waals surface area contributed by atoms with E-state index in [-0.39, 0.29) is 17.9 Å². The molecule has 1 unspecified atom stereocenters. The predicted molar refractivity (Wildman–Crippen MR) is 82.1 cm³/mol. The van der Waals surface area contributed by atoms with E-state index in [0.717, 1.165) is 12.2 Å². The number of hydrogen-bond acceptors (Lipinski definition) is 4. The zero-order chi connectivity index (χ0) is 14.8. The lowest BCUT2D eigenvalue weighted by atomic mass is 10.0. The van der Waals surface area contributed by atoms with Crippen LogP contribution in [0.3, 0.4) is 0 Å². The number of nitrogens with one attached hydrogen (secondary N) is 1. The molecule has 6 heteroatoms. The van der Waals surface area contributed by atoms with Crippen LogP contribution in [0.2, 0.25) is 0 Å². The average molecular weight is 303 g/mol. The topological polar surface area (TPSA) is 61.8 Å². The molecule has 0 fully saturated rings. The van der Waals surface area contributed by atoms with Crippen LogP contribution in [0.15, 0.2) is 34.3 Å². The van der Waals surface area contributed by atoms with Crippen molar-refractivity contribution in [1.29, 1.82) is 0 Å². The Morgan fingerprint density at radius 2 is 2.19 bits per heavy atom. The van der Waals surface area contributed by atoms with Crippen LogP contribution < -0.4 is 5.32 Å². The van der Waals surface area contributed by atoms with Crippen molar-refractivity contribution >= 4 is 29.3 Å². The highest BCUT2D eigenvalue weighted by Crippen LogP contribution is 2.35. The summed E-state index contributed by atoms with van der Waals surface area (Å²) in [4.78, 5) is 25.0. The molecule has 21 heavy (non-hydrogen) atoms. The first kappa shape index (κ1) is 14.1. The molecular weight excluding hydrogens is 286 g/mol. The molecular formula is C15H17N3O2S. The second-order valence-corrected chi connectivity index (χ2v) is 6.30. The van der Waals surface area contributed by atoms with Gasteiger partial charge in [0.2, 0.25) is 5.91 Å². The van der Waals surface area contributed by atoms with Gasteiger partial charge >= 0.3 is 0 Å². The molecule has 2 aliphatic rings. The van der Waals surface area contributed by atoms with Gasteiger partial charge < -0.3 is 5.32 Å². The third-order valence-corrected chi connectivity index (χ3v) is 4.86. The summed E-state index contributed by atoms with van der Waals surface area (Å²) in [6.45, 7) is 0. The van der Waals surface area contributed by atoms with E-state index in [1.807, 2.05) is 23.9 Å². The quantitative estimate of drug-likeness (QED) is 0.908. The van der Waals surface area contributed by atoms with Crippen LogP contribution in [0.1, 0.15) is 30.9 Å². The van der Waals surface area contributed by atoms with Gasteiger partial charge in [-0.1, -0.05) is 18.2 Å². The Hall–Kier alpha value is -1.82. The normalized spacial score (nSPS) is 21.6. The Balaban J connectivity index is 1.74. The summed E-state index contributed by atoms with van der Waals surface area (Å²) >= 11 is 1.82. The van der Waals surface area contributed by atoms with Crippen molar-refractivity contribution in [3.63, 3.8) is 0 Å². The molecule has 0 spiro atoms. The molecule has 110 valence electrons. The highest BCUT2D eigenvalue weighted by Gasteiger charge is 2.26. The Bertz CT molecular complexity index is 615. The maximum absolute atomic E-state index is 12.3. The van der Waals surface area contributed by atoms with Crippen LogP contribution in [0, 0.1) is 0 Å². The smallest absolute Gasteiger partial charge is 0.267 e. The van der Waals surface area contributed by atoms with E-state index < -0.39 is 0 Å². The Kier molecular flexibility index (Phi) is 3.96. The van der Waals surface area contributed by atoms with Gasteiger partial charge in [-0.05, 0) is 18.1 Å². The largest absolute Gasteiger partial charge is 0.344 e. The minimum absolute atomic E-state index is 0.0283. The Morgan fingerprint density at radius 3 is 3.00 bits per heavy atom. The summed E-state index contributed by atoms with van der Waals surface area (Å²) in [6, 6.07) is 8.18. The summed E-state index contributed by atoms with van der Waals surface area (Å²) in [7, 11) is 1.58. The van der Waals surface area contributed by atoms with Gasteiger partial charge in [-0.2, -0.15) is 5.10 Å². The van der Waals surface area contributed by atoms with E-state index in [4.69, 9.17) is 0 Å². The molecule has 0 radical (unpaired) electrons. The molecule has 2 heterocycles. The van der Waals surface area contributed by atoms with Crippen molar-refractivity contribution in [3.05, 3.63) is 29.8 Å². The summed E-state index contributed by atoms with van der Waals surface area (Å²) in [6.07, 6.45) is 1.67. The van der Waals surface area contributed by atoms with E-state index in [9.17, 15) is 9.59 Å². The number of amides is 2. The fourth-order valence-corrected chi connectivity index (χ4v) is 3.69. The maximum Gasteiger partial charge on any atom is 0.267 e. The molecule has 1 aromatic rings. The van der Waals surface area contributed by atoms with Crippen LogP contribution in [0.5, 0.6) is 0 Å². The van der Waals surface area contributed by atoms with Gasteiger partial charge in [-0.3, -0.25) is 9.59 Å². The van der Waals surface area contributed by atoms with Gasteiger partial charge in [0, 0.05) is 30.5 Å². The fourth-order valence-electron chi connectivity index (χ4n) is 2.57. The summed E-state index contributed by atoms with van der Waals surface area (Å²) in [5, 5.41) is 8.38.